The van der Waals surface area contributed by atoms with Crippen molar-refractivity contribution in [1.29, 1.82) is 0 Å². The summed E-state index contributed by atoms with van der Waals surface area (Å²) in [5.74, 6) is 0.214. The predicted octanol–water partition coefficient (Wildman–Crippen LogP) is 0.982. The molecule has 2 rings (SSSR count). The van der Waals surface area contributed by atoms with Crippen LogP contribution in [-0.4, -0.2) is 34.9 Å². The van der Waals surface area contributed by atoms with Crippen molar-refractivity contribution in [1.82, 2.24) is 15.5 Å². The third kappa shape index (κ3) is 3.30. The summed E-state index contributed by atoms with van der Waals surface area (Å²) in [5, 5.41) is 22.7. The van der Waals surface area contributed by atoms with Crippen LogP contribution in [0.3, 0.4) is 0 Å². The van der Waals surface area contributed by atoms with Crippen LogP contribution in [0.15, 0.2) is 42.5 Å². The van der Waals surface area contributed by atoms with Gasteiger partial charge in [0.15, 0.2) is 5.69 Å². The fourth-order valence-corrected chi connectivity index (χ4v) is 1.76. The van der Waals surface area contributed by atoms with E-state index in [1.807, 2.05) is 30.3 Å². The average molecular weight is 272 g/mol. The number of carbonyl (C=O) groups excluding carboxylic acids is 1. The van der Waals surface area contributed by atoms with Crippen LogP contribution in [0.5, 0.6) is 0 Å². The molecular formula is C14H16N4O2. The van der Waals surface area contributed by atoms with E-state index in [9.17, 15) is 9.90 Å². The molecule has 0 aliphatic carbocycles. The van der Waals surface area contributed by atoms with E-state index in [4.69, 9.17) is 0 Å². The molecule has 0 radical (unpaired) electrons. The Balaban J connectivity index is 2.10. The highest BCUT2D eigenvalue weighted by Crippen LogP contribution is 2.17. The van der Waals surface area contributed by atoms with Gasteiger partial charge in [-0.05, 0) is 17.7 Å². The molecule has 3 N–H and O–H groups in total. The van der Waals surface area contributed by atoms with Gasteiger partial charge in [-0.25, -0.2) is 0 Å². The minimum atomic E-state index is -0.286. The Bertz CT molecular complexity index is 557. The number of nitrogens with zero attached hydrogens (tertiary/aromatic N) is 2. The monoisotopic (exact) mass is 272 g/mol. The molecule has 2 aromatic rings. The lowest BCUT2D eigenvalue weighted by Gasteiger charge is -2.16. The molecule has 1 atom stereocenters. The molecule has 0 spiro atoms. The summed E-state index contributed by atoms with van der Waals surface area (Å²) in [4.78, 5) is 11.4. The lowest BCUT2D eigenvalue weighted by atomic mass is 10.1. The maximum absolute atomic E-state index is 11.4. The topological polar surface area (TPSA) is 87.1 Å². The van der Waals surface area contributed by atoms with Gasteiger partial charge in [0.25, 0.3) is 5.91 Å². The zero-order chi connectivity index (χ0) is 14.4. The fourth-order valence-electron chi connectivity index (χ4n) is 1.76. The molecule has 20 heavy (non-hydrogen) atoms. The first-order chi connectivity index (χ1) is 9.74. The summed E-state index contributed by atoms with van der Waals surface area (Å²) in [6, 6.07) is 12.5. The molecule has 0 fully saturated rings. The largest absolute Gasteiger partial charge is 0.394 e. The van der Waals surface area contributed by atoms with Crippen LogP contribution in [0.4, 0.5) is 5.82 Å². The van der Waals surface area contributed by atoms with E-state index in [1.54, 1.807) is 12.1 Å². The number of rotatable bonds is 5. The van der Waals surface area contributed by atoms with Gasteiger partial charge in [-0.3, -0.25) is 4.79 Å². The summed E-state index contributed by atoms with van der Waals surface area (Å²) >= 11 is 0. The number of hydrogen-bond acceptors (Lipinski definition) is 5. The number of anilines is 1. The van der Waals surface area contributed by atoms with Crippen molar-refractivity contribution in [3.63, 3.8) is 0 Å². The van der Waals surface area contributed by atoms with E-state index in [2.05, 4.69) is 20.8 Å². The van der Waals surface area contributed by atoms with Gasteiger partial charge in [0.2, 0.25) is 0 Å². The van der Waals surface area contributed by atoms with E-state index in [1.165, 1.54) is 7.05 Å². The van der Waals surface area contributed by atoms with Crippen molar-refractivity contribution in [3.05, 3.63) is 53.7 Å². The van der Waals surface area contributed by atoms with Crippen LogP contribution in [0, 0.1) is 0 Å². The first-order valence-electron chi connectivity index (χ1n) is 6.22. The highest BCUT2D eigenvalue weighted by atomic mass is 16.3. The van der Waals surface area contributed by atoms with Crippen LogP contribution in [-0.2, 0) is 0 Å². The second-order valence-electron chi connectivity index (χ2n) is 4.17. The first-order valence-corrected chi connectivity index (χ1v) is 6.22. The maximum Gasteiger partial charge on any atom is 0.271 e. The molecule has 1 heterocycles. The number of aromatic nitrogens is 2. The maximum atomic E-state index is 11.4. The van der Waals surface area contributed by atoms with Crippen LogP contribution >= 0.6 is 0 Å². The van der Waals surface area contributed by atoms with Gasteiger partial charge in [0.05, 0.1) is 12.6 Å². The molecule has 6 heteroatoms. The fraction of sp³-hybridized carbons (Fsp3) is 0.214. The molecule has 1 amide bonds. The van der Waals surface area contributed by atoms with Crippen LogP contribution < -0.4 is 10.6 Å². The summed E-state index contributed by atoms with van der Waals surface area (Å²) in [5.41, 5.74) is 1.20. The second-order valence-corrected chi connectivity index (χ2v) is 4.17. The summed E-state index contributed by atoms with van der Waals surface area (Å²) in [6.07, 6.45) is 0. The number of aliphatic hydroxyl groups excluding tert-OH is 1. The molecule has 1 aromatic heterocycles. The molecular weight excluding hydrogens is 256 g/mol. The predicted molar refractivity (Wildman–Crippen MR) is 75.3 cm³/mol. The number of amides is 1. The Hall–Kier alpha value is -2.47. The average Bonchev–Trinajstić information content (AvgIpc) is 2.53. The molecule has 0 saturated carbocycles. The van der Waals surface area contributed by atoms with E-state index < -0.39 is 0 Å². The summed E-state index contributed by atoms with van der Waals surface area (Å²) < 4.78 is 0. The van der Waals surface area contributed by atoms with E-state index >= 15 is 0 Å². The van der Waals surface area contributed by atoms with Gasteiger partial charge in [0, 0.05) is 7.05 Å². The van der Waals surface area contributed by atoms with Gasteiger partial charge in [-0.1, -0.05) is 30.3 Å². The molecule has 0 bridgehead atoms. The summed E-state index contributed by atoms with van der Waals surface area (Å²) in [6.45, 7) is -0.0666. The number of hydrogen-bond donors (Lipinski definition) is 3. The zero-order valence-corrected chi connectivity index (χ0v) is 11.1. The van der Waals surface area contributed by atoms with Gasteiger partial charge in [-0.15, -0.1) is 10.2 Å². The highest BCUT2D eigenvalue weighted by Gasteiger charge is 2.11. The Kier molecular flexibility index (Phi) is 4.62. The zero-order valence-electron chi connectivity index (χ0n) is 11.1. The smallest absolute Gasteiger partial charge is 0.271 e. The normalized spacial score (nSPS) is 11.7. The lowest BCUT2D eigenvalue weighted by Crippen LogP contribution is -2.20. The number of nitrogens with one attached hydrogen (secondary N) is 2. The van der Waals surface area contributed by atoms with Crippen molar-refractivity contribution in [2.75, 3.05) is 19.0 Å². The number of carbonyl (C=O) groups is 1. The van der Waals surface area contributed by atoms with Crippen LogP contribution in [0.1, 0.15) is 22.1 Å². The van der Waals surface area contributed by atoms with Crippen molar-refractivity contribution >= 4 is 11.7 Å². The highest BCUT2D eigenvalue weighted by molar-refractivity contribution is 5.91. The quantitative estimate of drug-likeness (QED) is 0.755. The van der Waals surface area contributed by atoms with E-state index in [0.717, 1.165) is 5.56 Å². The number of aliphatic hydroxyl groups is 1. The van der Waals surface area contributed by atoms with Gasteiger partial charge >= 0.3 is 0 Å². The minimum absolute atomic E-state index is 0.0666. The van der Waals surface area contributed by atoms with Crippen molar-refractivity contribution in [2.45, 2.75) is 6.04 Å². The van der Waals surface area contributed by atoms with Crippen molar-refractivity contribution in [2.24, 2.45) is 0 Å². The molecule has 0 saturated heterocycles. The first kappa shape index (κ1) is 14.0. The van der Waals surface area contributed by atoms with E-state index in [-0.39, 0.29) is 24.2 Å². The molecule has 104 valence electrons. The SMILES string of the molecule is CNC(=O)c1ccc(NC(CO)c2ccccc2)nn1. The number of benzene rings is 1. The molecule has 1 unspecified atom stereocenters. The minimum Gasteiger partial charge on any atom is -0.394 e. The standard InChI is InChI=1S/C14H16N4O2/c1-15-14(20)11-7-8-13(18-17-11)16-12(9-19)10-5-3-2-4-6-10/h2-8,12,19H,9H2,1H3,(H,15,20)(H,16,18). The van der Waals surface area contributed by atoms with Gasteiger partial charge in [0.1, 0.15) is 5.82 Å². The van der Waals surface area contributed by atoms with Crippen LogP contribution in [0.25, 0.3) is 0 Å². The van der Waals surface area contributed by atoms with Crippen molar-refractivity contribution in [3.8, 4) is 0 Å². The Morgan fingerprint density at radius 1 is 1.20 bits per heavy atom. The third-order valence-corrected chi connectivity index (χ3v) is 2.83. The molecule has 6 nitrogen and oxygen atoms in total. The summed E-state index contributed by atoms with van der Waals surface area (Å²) in [7, 11) is 1.54. The van der Waals surface area contributed by atoms with Crippen LogP contribution in [0.2, 0.25) is 0 Å². The molecule has 0 aliphatic heterocycles. The Labute approximate surface area is 116 Å². The Morgan fingerprint density at radius 3 is 2.50 bits per heavy atom. The third-order valence-electron chi connectivity index (χ3n) is 2.83. The van der Waals surface area contributed by atoms with Gasteiger partial charge < -0.3 is 15.7 Å². The van der Waals surface area contributed by atoms with E-state index in [0.29, 0.717) is 5.82 Å². The Morgan fingerprint density at radius 2 is 1.95 bits per heavy atom. The molecule has 1 aromatic carbocycles. The lowest BCUT2D eigenvalue weighted by molar-refractivity contribution is 0.0957. The molecule has 0 aliphatic rings. The van der Waals surface area contributed by atoms with Gasteiger partial charge in [-0.2, -0.15) is 0 Å². The van der Waals surface area contributed by atoms with Crippen molar-refractivity contribution < 1.29 is 9.90 Å². The second kappa shape index (κ2) is 6.63.